The lowest BCUT2D eigenvalue weighted by Crippen LogP contribution is -2.35. The lowest BCUT2D eigenvalue weighted by Gasteiger charge is -2.06. The molecule has 0 saturated carbocycles. The summed E-state index contributed by atoms with van der Waals surface area (Å²) in [5.41, 5.74) is -0.315. The number of fused-ring (bicyclic) bond motifs is 1. The van der Waals surface area contributed by atoms with Crippen LogP contribution >= 0.6 is 0 Å². The molecule has 0 radical (unpaired) electrons. The third-order valence-corrected chi connectivity index (χ3v) is 3.43. The van der Waals surface area contributed by atoms with E-state index in [1.807, 2.05) is 0 Å². The summed E-state index contributed by atoms with van der Waals surface area (Å²) in [6, 6.07) is 6.83. The Bertz CT molecular complexity index is 940. The molecule has 1 aromatic carbocycles. The molecule has 0 bridgehead atoms. The first-order valence-corrected chi connectivity index (χ1v) is 7.16. The van der Waals surface area contributed by atoms with Crippen LogP contribution in [0.2, 0.25) is 0 Å². The molecule has 0 spiro atoms. The second-order valence-corrected chi connectivity index (χ2v) is 5.02. The molecule has 0 atom stereocenters. The highest BCUT2D eigenvalue weighted by atomic mass is 16.2. The fourth-order valence-electron chi connectivity index (χ4n) is 2.33. The van der Waals surface area contributed by atoms with Gasteiger partial charge in [-0.1, -0.05) is 12.1 Å². The van der Waals surface area contributed by atoms with Gasteiger partial charge in [0.15, 0.2) is 0 Å². The molecule has 0 aliphatic rings. The second-order valence-electron chi connectivity index (χ2n) is 5.02. The Morgan fingerprint density at radius 2 is 2.09 bits per heavy atom. The van der Waals surface area contributed by atoms with E-state index in [4.69, 9.17) is 0 Å². The smallest absolute Gasteiger partial charge is 0.328 e. The maximum atomic E-state index is 12.3. The highest BCUT2D eigenvalue weighted by Gasteiger charge is 2.08. The SMILES string of the molecule is O=C(CCCn1c(=O)[nH]c2ccccc2c1=O)Nc1ncc[nH]1. The van der Waals surface area contributed by atoms with Gasteiger partial charge in [-0.2, -0.15) is 0 Å². The molecule has 118 valence electrons. The minimum Gasteiger partial charge on any atom is -0.331 e. The molecular weight excluding hydrogens is 298 g/mol. The Hall–Kier alpha value is -3.16. The van der Waals surface area contributed by atoms with Gasteiger partial charge in [-0.05, 0) is 18.6 Å². The average molecular weight is 313 g/mol. The molecule has 2 heterocycles. The van der Waals surface area contributed by atoms with Crippen molar-refractivity contribution in [3.05, 3.63) is 57.5 Å². The van der Waals surface area contributed by atoms with E-state index in [0.717, 1.165) is 4.57 Å². The van der Waals surface area contributed by atoms with Crippen LogP contribution in [0.25, 0.3) is 10.9 Å². The van der Waals surface area contributed by atoms with Gasteiger partial charge in [-0.15, -0.1) is 0 Å². The maximum absolute atomic E-state index is 12.3. The molecule has 0 aliphatic carbocycles. The average Bonchev–Trinajstić information content (AvgIpc) is 3.03. The van der Waals surface area contributed by atoms with Crippen LogP contribution in [0.3, 0.4) is 0 Å². The number of carbonyl (C=O) groups excluding carboxylic acids is 1. The summed E-state index contributed by atoms with van der Waals surface area (Å²) in [7, 11) is 0. The summed E-state index contributed by atoms with van der Waals surface area (Å²) >= 11 is 0. The van der Waals surface area contributed by atoms with Crippen molar-refractivity contribution in [1.82, 2.24) is 19.5 Å². The number of anilines is 1. The van der Waals surface area contributed by atoms with Crippen molar-refractivity contribution in [3.63, 3.8) is 0 Å². The highest BCUT2D eigenvalue weighted by Crippen LogP contribution is 2.04. The molecule has 3 rings (SSSR count). The number of amides is 1. The number of rotatable bonds is 5. The number of para-hydroxylation sites is 1. The Balaban J connectivity index is 1.69. The molecule has 3 N–H and O–H groups in total. The minimum atomic E-state index is -0.472. The minimum absolute atomic E-state index is 0.171. The fourth-order valence-corrected chi connectivity index (χ4v) is 2.33. The van der Waals surface area contributed by atoms with E-state index in [1.54, 1.807) is 30.5 Å². The number of imidazole rings is 1. The van der Waals surface area contributed by atoms with Gasteiger partial charge in [-0.25, -0.2) is 9.78 Å². The van der Waals surface area contributed by atoms with Gasteiger partial charge in [0.25, 0.3) is 5.56 Å². The number of hydrogen-bond donors (Lipinski definition) is 3. The Morgan fingerprint density at radius 1 is 1.26 bits per heavy atom. The van der Waals surface area contributed by atoms with E-state index in [9.17, 15) is 14.4 Å². The predicted octanol–water partition coefficient (Wildman–Crippen LogP) is 0.832. The van der Waals surface area contributed by atoms with Gasteiger partial charge in [0.2, 0.25) is 11.9 Å². The van der Waals surface area contributed by atoms with Crippen molar-refractivity contribution in [3.8, 4) is 0 Å². The van der Waals surface area contributed by atoms with Crippen LogP contribution < -0.4 is 16.6 Å². The predicted molar refractivity (Wildman–Crippen MR) is 85.3 cm³/mol. The normalized spacial score (nSPS) is 10.8. The number of hydrogen-bond acceptors (Lipinski definition) is 4. The standard InChI is InChI=1S/C15H15N5O3/c21-12(19-14-16-7-8-17-14)6-3-9-20-13(22)10-4-1-2-5-11(10)18-15(20)23/h1-2,4-5,7-8H,3,6,9H2,(H,18,23)(H2,16,17,19,21). The summed E-state index contributed by atoms with van der Waals surface area (Å²) in [5, 5.41) is 3.04. The third-order valence-electron chi connectivity index (χ3n) is 3.43. The van der Waals surface area contributed by atoms with Crippen LogP contribution in [-0.2, 0) is 11.3 Å². The van der Waals surface area contributed by atoms with Crippen molar-refractivity contribution in [2.45, 2.75) is 19.4 Å². The van der Waals surface area contributed by atoms with Gasteiger partial charge in [-0.3, -0.25) is 19.5 Å². The largest absolute Gasteiger partial charge is 0.331 e. The number of aromatic nitrogens is 4. The molecule has 2 aromatic heterocycles. The van der Waals surface area contributed by atoms with E-state index in [2.05, 4.69) is 20.3 Å². The second kappa shape index (κ2) is 6.30. The summed E-state index contributed by atoms with van der Waals surface area (Å²) in [4.78, 5) is 45.3. The summed E-state index contributed by atoms with van der Waals surface area (Å²) < 4.78 is 1.11. The monoisotopic (exact) mass is 313 g/mol. The highest BCUT2D eigenvalue weighted by molar-refractivity contribution is 5.88. The summed E-state index contributed by atoms with van der Waals surface area (Å²) in [5.74, 6) is 0.140. The summed E-state index contributed by atoms with van der Waals surface area (Å²) in [6.07, 6.45) is 3.68. The van der Waals surface area contributed by atoms with Crippen molar-refractivity contribution in [2.24, 2.45) is 0 Å². The first-order chi connectivity index (χ1) is 11.1. The molecule has 1 amide bonds. The van der Waals surface area contributed by atoms with E-state index >= 15 is 0 Å². The zero-order valence-electron chi connectivity index (χ0n) is 12.2. The van der Waals surface area contributed by atoms with Crippen LogP contribution in [0.4, 0.5) is 5.95 Å². The quantitative estimate of drug-likeness (QED) is 0.647. The van der Waals surface area contributed by atoms with Gasteiger partial charge in [0.1, 0.15) is 0 Å². The van der Waals surface area contributed by atoms with Gasteiger partial charge < -0.3 is 9.97 Å². The van der Waals surface area contributed by atoms with E-state index in [-0.39, 0.29) is 24.4 Å². The van der Waals surface area contributed by atoms with Gasteiger partial charge in [0, 0.05) is 25.4 Å². The number of H-pyrrole nitrogens is 2. The number of aromatic amines is 2. The maximum Gasteiger partial charge on any atom is 0.328 e. The number of nitrogens with one attached hydrogen (secondary N) is 3. The number of benzene rings is 1. The zero-order chi connectivity index (χ0) is 16.2. The molecule has 0 unspecified atom stereocenters. The van der Waals surface area contributed by atoms with Crippen molar-refractivity contribution in [2.75, 3.05) is 5.32 Å². The van der Waals surface area contributed by atoms with Crippen molar-refractivity contribution >= 4 is 22.8 Å². The van der Waals surface area contributed by atoms with Crippen molar-refractivity contribution in [1.29, 1.82) is 0 Å². The number of carbonyl (C=O) groups is 1. The molecule has 0 fully saturated rings. The molecule has 8 nitrogen and oxygen atoms in total. The summed E-state index contributed by atoms with van der Waals surface area (Å²) in [6.45, 7) is 0.171. The first kappa shape index (κ1) is 14.8. The topological polar surface area (TPSA) is 113 Å². The van der Waals surface area contributed by atoms with Crippen LogP contribution in [-0.4, -0.2) is 25.4 Å². The lowest BCUT2D eigenvalue weighted by molar-refractivity contribution is -0.116. The van der Waals surface area contributed by atoms with Gasteiger partial charge >= 0.3 is 5.69 Å². The van der Waals surface area contributed by atoms with Crippen LogP contribution in [0.5, 0.6) is 0 Å². The third kappa shape index (κ3) is 3.20. The molecule has 0 aliphatic heterocycles. The Kier molecular flexibility index (Phi) is 4.05. The van der Waals surface area contributed by atoms with Crippen LogP contribution in [0.1, 0.15) is 12.8 Å². The first-order valence-electron chi connectivity index (χ1n) is 7.16. The van der Waals surface area contributed by atoms with Gasteiger partial charge in [0.05, 0.1) is 10.9 Å². The van der Waals surface area contributed by atoms with Crippen LogP contribution in [0.15, 0.2) is 46.2 Å². The van der Waals surface area contributed by atoms with Crippen molar-refractivity contribution < 1.29 is 4.79 Å². The molecule has 0 saturated heterocycles. The number of nitrogens with zero attached hydrogens (tertiary/aromatic N) is 2. The Morgan fingerprint density at radius 3 is 2.87 bits per heavy atom. The van der Waals surface area contributed by atoms with Crippen LogP contribution in [0, 0.1) is 0 Å². The molecule has 3 aromatic rings. The lowest BCUT2D eigenvalue weighted by atomic mass is 10.2. The Labute approximate surface area is 130 Å². The molecular formula is C15H15N5O3. The van der Waals surface area contributed by atoms with E-state index in [0.29, 0.717) is 23.3 Å². The zero-order valence-corrected chi connectivity index (χ0v) is 12.2. The molecule has 8 heteroatoms. The van der Waals surface area contributed by atoms with E-state index < -0.39 is 5.69 Å². The molecule has 23 heavy (non-hydrogen) atoms. The van der Waals surface area contributed by atoms with E-state index in [1.165, 1.54) is 6.20 Å². The fraction of sp³-hybridized carbons (Fsp3) is 0.200.